The molecule has 1 aliphatic rings. The second-order valence-electron chi connectivity index (χ2n) is 4.47. The van der Waals surface area contributed by atoms with Crippen molar-refractivity contribution in [3.05, 3.63) is 40.2 Å². The molecule has 4 nitrogen and oxygen atoms in total. The summed E-state index contributed by atoms with van der Waals surface area (Å²) < 4.78 is 7.06. The fourth-order valence-electron chi connectivity index (χ4n) is 2.71. The number of carbonyl (C=O) groups excluding carboxylic acids is 1. The van der Waals surface area contributed by atoms with Gasteiger partial charge in [-0.05, 0) is 30.0 Å². The summed E-state index contributed by atoms with van der Waals surface area (Å²) in [7, 11) is 1.58. The van der Waals surface area contributed by atoms with Crippen LogP contribution in [0.25, 0.3) is 10.9 Å². The molecule has 0 saturated carbocycles. The lowest BCUT2D eigenvalue weighted by Crippen LogP contribution is -2.26. The van der Waals surface area contributed by atoms with E-state index < -0.39 is 0 Å². The first-order valence-corrected chi connectivity index (χ1v) is 5.92. The minimum absolute atomic E-state index is 0.0265. The van der Waals surface area contributed by atoms with Crippen molar-refractivity contribution in [1.29, 1.82) is 0 Å². The van der Waals surface area contributed by atoms with Crippen LogP contribution < -0.4 is 10.3 Å². The summed E-state index contributed by atoms with van der Waals surface area (Å²) in [4.78, 5) is 23.1. The normalized spacial score (nSPS) is 17.7. The van der Waals surface area contributed by atoms with E-state index in [-0.39, 0.29) is 11.5 Å². The predicted molar refractivity (Wildman–Crippen MR) is 68.2 cm³/mol. The summed E-state index contributed by atoms with van der Waals surface area (Å²) in [5.74, 6) is 0.490. The molecule has 1 aliphatic heterocycles. The summed E-state index contributed by atoms with van der Waals surface area (Å²) in [6.45, 7) is 0.583. The van der Waals surface area contributed by atoms with Gasteiger partial charge in [-0.2, -0.15) is 0 Å². The summed E-state index contributed by atoms with van der Waals surface area (Å²) in [5, 5.41) is 0.969. The molecule has 0 aliphatic carbocycles. The standard InChI is InChI=1S/C14H13NO3/c1-18-11-4-2-9-3-5-12(17)15-7-6-10(8-16)13(11)14(9)15/h2-5,8,10H,6-7H2,1H3. The van der Waals surface area contributed by atoms with Crippen molar-refractivity contribution in [3.63, 3.8) is 0 Å². The molecule has 92 valence electrons. The van der Waals surface area contributed by atoms with Gasteiger partial charge in [0.25, 0.3) is 5.56 Å². The van der Waals surface area contributed by atoms with Gasteiger partial charge in [-0.1, -0.05) is 0 Å². The number of benzene rings is 1. The van der Waals surface area contributed by atoms with E-state index in [0.717, 1.165) is 22.8 Å². The van der Waals surface area contributed by atoms with Gasteiger partial charge in [-0.25, -0.2) is 0 Å². The van der Waals surface area contributed by atoms with Gasteiger partial charge < -0.3 is 14.1 Å². The molecule has 1 aromatic heterocycles. The Balaban J connectivity index is 2.49. The Labute approximate surface area is 104 Å². The molecule has 1 atom stereocenters. The Morgan fingerprint density at radius 2 is 2.11 bits per heavy atom. The van der Waals surface area contributed by atoms with E-state index in [1.807, 2.05) is 12.1 Å². The molecule has 4 heteroatoms. The summed E-state index contributed by atoms with van der Waals surface area (Å²) in [6, 6.07) is 7.14. The number of ether oxygens (including phenoxy) is 1. The maximum absolute atomic E-state index is 11.9. The van der Waals surface area contributed by atoms with Gasteiger partial charge in [0, 0.05) is 24.1 Å². The largest absolute Gasteiger partial charge is 0.496 e. The highest BCUT2D eigenvalue weighted by Crippen LogP contribution is 2.37. The van der Waals surface area contributed by atoms with Gasteiger partial charge >= 0.3 is 0 Å². The van der Waals surface area contributed by atoms with Gasteiger partial charge in [0.1, 0.15) is 12.0 Å². The number of hydrogen-bond donors (Lipinski definition) is 0. The van der Waals surface area contributed by atoms with Crippen LogP contribution in [0.2, 0.25) is 0 Å². The number of nitrogens with zero attached hydrogens (tertiary/aromatic N) is 1. The molecule has 2 heterocycles. The third-order valence-electron chi connectivity index (χ3n) is 3.57. The third-order valence-corrected chi connectivity index (χ3v) is 3.57. The zero-order valence-electron chi connectivity index (χ0n) is 10.1. The molecular weight excluding hydrogens is 230 g/mol. The zero-order chi connectivity index (χ0) is 12.7. The number of aromatic nitrogens is 1. The molecule has 0 spiro atoms. The Hall–Kier alpha value is -2.10. The van der Waals surface area contributed by atoms with Crippen molar-refractivity contribution in [1.82, 2.24) is 4.57 Å². The van der Waals surface area contributed by atoms with Crippen molar-refractivity contribution in [2.45, 2.75) is 18.9 Å². The lowest BCUT2D eigenvalue weighted by molar-refractivity contribution is -0.109. The molecule has 1 aromatic carbocycles. The second kappa shape index (κ2) is 3.98. The van der Waals surface area contributed by atoms with E-state index in [0.29, 0.717) is 18.7 Å². The number of pyridine rings is 1. The Morgan fingerprint density at radius 1 is 1.33 bits per heavy atom. The molecule has 0 N–H and O–H groups in total. The minimum Gasteiger partial charge on any atom is -0.496 e. The molecular formula is C14H13NO3. The van der Waals surface area contributed by atoms with Gasteiger partial charge in [0.05, 0.1) is 12.6 Å². The maximum atomic E-state index is 11.9. The SMILES string of the molecule is COc1ccc2ccc(=O)n3c2c1C(C=O)CC3. The number of aldehydes is 1. The zero-order valence-corrected chi connectivity index (χ0v) is 10.1. The second-order valence-corrected chi connectivity index (χ2v) is 4.47. The van der Waals surface area contributed by atoms with Crippen LogP contribution in [0.5, 0.6) is 5.75 Å². The maximum Gasteiger partial charge on any atom is 0.251 e. The van der Waals surface area contributed by atoms with E-state index in [1.54, 1.807) is 23.8 Å². The lowest BCUT2D eigenvalue weighted by Gasteiger charge is -2.25. The average Bonchev–Trinajstić information content (AvgIpc) is 2.42. The van der Waals surface area contributed by atoms with Crippen molar-refractivity contribution in [3.8, 4) is 5.75 Å². The molecule has 18 heavy (non-hydrogen) atoms. The number of hydrogen-bond acceptors (Lipinski definition) is 3. The molecule has 1 unspecified atom stereocenters. The van der Waals surface area contributed by atoms with Crippen LogP contribution in [0.3, 0.4) is 0 Å². The Bertz CT molecular complexity index is 687. The fourth-order valence-corrected chi connectivity index (χ4v) is 2.71. The first kappa shape index (κ1) is 11.0. The van der Waals surface area contributed by atoms with E-state index in [4.69, 9.17) is 4.74 Å². The van der Waals surface area contributed by atoms with Crippen LogP contribution in [0.4, 0.5) is 0 Å². The summed E-state index contributed by atoms with van der Waals surface area (Å²) >= 11 is 0. The van der Waals surface area contributed by atoms with E-state index in [2.05, 4.69) is 0 Å². The fraction of sp³-hybridized carbons (Fsp3) is 0.286. The van der Waals surface area contributed by atoms with Crippen molar-refractivity contribution >= 4 is 17.2 Å². The van der Waals surface area contributed by atoms with E-state index in [9.17, 15) is 9.59 Å². The van der Waals surface area contributed by atoms with Crippen LogP contribution in [-0.2, 0) is 11.3 Å². The van der Waals surface area contributed by atoms with Crippen LogP contribution in [-0.4, -0.2) is 18.0 Å². The molecule has 3 rings (SSSR count). The van der Waals surface area contributed by atoms with Gasteiger partial charge in [0.15, 0.2) is 0 Å². The average molecular weight is 243 g/mol. The van der Waals surface area contributed by atoms with Crippen LogP contribution >= 0.6 is 0 Å². The van der Waals surface area contributed by atoms with E-state index in [1.165, 1.54) is 0 Å². The molecule has 0 saturated heterocycles. The van der Waals surface area contributed by atoms with Crippen LogP contribution in [0, 0.1) is 0 Å². The summed E-state index contributed by atoms with van der Waals surface area (Å²) in [5.41, 5.74) is 1.65. The first-order chi connectivity index (χ1) is 8.76. The highest BCUT2D eigenvalue weighted by atomic mass is 16.5. The number of rotatable bonds is 2. The quantitative estimate of drug-likeness (QED) is 0.754. The Morgan fingerprint density at radius 3 is 2.83 bits per heavy atom. The number of methoxy groups -OCH3 is 1. The van der Waals surface area contributed by atoms with Gasteiger partial charge in [-0.3, -0.25) is 4.79 Å². The predicted octanol–water partition coefficient (Wildman–Crippen LogP) is 1.70. The van der Waals surface area contributed by atoms with Crippen LogP contribution in [0.1, 0.15) is 17.9 Å². The first-order valence-electron chi connectivity index (χ1n) is 5.92. The topological polar surface area (TPSA) is 48.3 Å². The van der Waals surface area contributed by atoms with E-state index >= 15 is 0 Å². The number of aryl methyl sites for hydroxylation is 1. The highest BCUT2D eigenvalue weighted by Gasteiger charge is 2.25. The molecule has 0 fully saturated rings. The van der Waals surface area contributed by atoms with Gasteiger partial charge in [-0.15, -0.1) is 0 Å². The molecule has 0 bridgehead atoms. The smallest absolute Gasteiger partial charge is 0.251 e. The third kappa shape index (κ3) is 1.38. The van der Waals surface area contributed by atoms with Crippen LogP contribution in [0.15, 0.2) is 29.1 Å². The van der Waals surface area contributed by atoms with Gasteiger partial charge in [0.2, 0.25) is 0 Å². The van der Waals surface area contributed by atoms with Crippen molar-refractivity contribution in [2.24, 2.45) is 0 Å². The molecule has 0 radical (unpaired) electrons. The van der Waals surface area contributed by atoms with Crippen molar-refractivity contribution in [2.75, 3.05) is 7.11 Å². The summed E-state index contributed by atoms with van der Waals surface area (Å²) in [6.07, 6.45) is 1.59. The lowest BCUT2D eigenvalue weighted by atomic mass is 9.90. The van der Waals surface area contributed by atoms with Crippen molar-refractivity contribution < 1.29 is 9.53 Å². The minimum atomic E-state index is -0.189. The molecule has 2 aromatic rings. The molecule has 0 amide bonds. The number of carbonyl (C=O) groups is 1. The monoisotopic (exact) mass is 243 g/mol. The Kier molecular flexibility index (Phi) is 2.44. The highest BCUT2D eigenvalue weighted by molar-refractivity contribution is 5.88.